The lowest BCUT2D eigenvalue weighted by Gasteiger charge is -2.19. The Bertz CT molecular complexity index is 855. The van der Waals surface area contributed by atoms with Crippen molar-refractivity contribution in [1.29, 1.82) is 0 Å². The van der Waals surface area contributed by atoms with Gasteiger partial charge in [0.25, 0.3) is 5.91 Å². The van der Waals surface area contributed by atoms with Gasteiger partial charge in [0.05, 0.1) is 23.6 Å². The number of nitrogens with one attached hydrogen (secondary N) is 1. The number of nitrogens with zero attached hydrogens (tertiary/aromatic N) is 1. The Morgan fingerprint density at radius 2 is 2.32 bits per heavy atom. The van der Waals surface area contributed by atoms with Gasteiger partial charge >= 0.3 is 0 Å². The number of thiophene rings is 1. The topological polar surface area (TPSA) is 43.3 Å². The lowest BCUT2D eigenvalue weighted by Crippen LogP contribution is -2.27. The molecule has 0 fully saturated rings. The minimum absolute atomic E-state index is 0.0893. The van der Waals surface area contributed by atoms with Crippen molar-refractivity contribution >= 4 is 39.7 Å². The van der Waals surface area contributed by atoms with Crippen molar-refractivity contribution in [2.45, 2.75) is 13.1 Å². The summed E-state index contributed by atoms with van der Waals surface area (Å²) in [4.78, 5) is 13.7. The van der Waals surface area contributed by atoms with E-state index < -0.39 is 0 Å². The molecule has 0 unspecified atom stereocenters. The van der Waals surface area contributed by atoms with Crippen LogP contribution in [0.5, 0.6) is 5.75 Å². The molecule has 112 valence electrons. The highest BCUT2D eigenvalue weighted by Gasteiger charge is 2.22. The maximum atomic E-state index is 12.5. The van der Waals surface area contributed by atoms with Crippen LogP contribution in [0.1, 0.15) is 15.4 Å². The van der Waals surface area contributed by atoms with Crippen molar-refractivity contribution in [2.24, 2.45) is 0 Å². The SMILES string of the molecule is O=C(NCc1cccs1)c1cc2c(Cl)ccc3c2n1CCO3. The first kappa shape index (κ1) is 13.7. The molecule has 4 rings (SSSR count). The number of halogens is 1. The van der Waals surface area contributed by atoms with E-state index in [9.17, 15) is 4.79 Å². The number of rotatable bonds is 3. The zero-order valence-electron chi connectivity index (χ0n) is 11.6. The molecule has 0 spiro atoms. The molecular formula is C16H13ClN2O2S. The summed E-state index contributed by atoms with van der Waals surface area (Å²) in [5.41, 5.74) is 1.53. The van der Waals surface area contributed by atoms with Crippen LogP contribution in [0.4, 0.5) is 0 Å². The van der Waals surface area contributed by atoms with Crippen LogP contribution in [-0.2, 0) is 13.1 Å². The van der Waals surface area contributed by atoms with E-state index in [4.69, 9.17) is 16.3 Å². The van der Waals surface area contributed by atoms with E-state index in [0.717, 1.165) is 21.5 Å². The Kier molecular flexibility index (Phi) is 3.32. The number of hydrogen-bond acceptors (Lipinski definition) is 3. The quantitative estimate of drug-likeness (QED) is 0.795. The summed E-state index contributed by atoms with van der Waals surface area (Å²) in [5.74, 6) is 0.691. The summed E-state index contributed by atoms with van der Waals surface area (Å²) >= 11 is 7.89. The summed E-state index contributed by atoms with van der Waals surface area (Å²) < 4.78 is 7.64. The van der Waals surface area contributed by atoms with E-state index >= 15 is 0 Å². The van der Waals surface area contributed by atoms with E-state index in [1.54, 1.807) is 11.3 Å². The highest BCUT2D eigenvalue weighted by Crippen LogP contribution is 2.36. The van der Waals surface area contributed by atoms with Gasteiger partial charge in [-0.25, -0.2) is 0 Å². The van der Waals surface area contributed by atoms with Crippen molar-refractivity contribution in [3.8, 4) is 5.75 Å². The maximum Gasteiger partial charge on any atom is 0.268 e. The van der Waals surface area contributed by atoms with Gasteiger partial charge in [-0.1, -0.05) is 17.7 Å². The zero-order chi connectivity index (χ0) is 15.1. The smallest absolute Gasteiger partial charge is 0.268 e. The Balaban J connectivity index is 1.71. The van der Waals surface area contributed by atoms with Crippen molar-refractivity contribution in [2.75, 3.05) is 6.61 Å². The van der Waals surface area contributed by atoms with Crippen LogP contribution in [0.2, 0.25) is 5.02 Å². The number of carbonyl (C=O) groups excluding carboxylic acids is 1. The molecule has 2 aromatic heterocycles. The molecule has 1 aliphatic rings. The van der Waals surface area contributed by atoms with Gasteiger partial charge in [-0.2, -0.15) is 0 Å². The average Bonchev–Trinajstić information content (AvgIpc) is 3.17. The number of benzene rings is 1. The third kappa shape index (κ3) is 2.17. The van der Waals surface area contributed by atoms with Crippen LogP contribution in [0, 0.1) is 0 Å². The number of hydrogen-bond donors (Lipinski definition) is 1. The van der Waals surface area contributed by atoms with Crippen LogP contribution in [0.25, 0.3) is 10.9 Å². The normalized spacial score (nSPS) is 13.1. The van der Waals surface area contributed by atoms with E-state index in [0.29, 0.717) is 30.4 Å². The van der Waals surface area contributed by atoms with E-state index in [1.165, 1.54) is 0 Å². The summed E-state index contributed by atoms with van der Waals surface area (Å²) in [5, 5.41) is 6.46. The number of aromatic nitrogens is 1. The molecule has 0 saturated heterocycles. The summed E-state index contributed by atoms with van der Waals surface area (Å²) in [6.07, 6.45) is 0. The summed E-state index contributed by atoms with van der Waals surface area (Å²) in [6.45, 7) is 1.75. The van der Waals surface area contributed by atoms with Gasteiger partial charge < -0.3 is 14.6 Å². The Morgan fingerprint density at radius 1 is 1.41 bits per heavy atom. The standard InChI is InChI=1S/C16H13ClN2O2S/c17-12-3-4-14-15-11(12)8-13(19(15)5-6-21-14)16(20)18-9-10-2-1-7-22-10/h1-4,7-8H,5-6,9H2,(H,18,20). The Hall–Kier alpha value is -1.98. The maximum absolute atomic E-state index is 12.5. The van der Waals surface area contributed by atoms with Crippen molar-refractivity contribution in [3.05, 3.63) is 51.3 Å². The van der Waals surface area contributed by atoms with E-state index in [2.05, 4.69) is 5.32 Å². The average molecular weight is 333 g/mol. The highest BCUT2D eigenvalue weighted by atomic mass is 35.5. The Morgan fingerprint density at radius 3 is 3.14 bits per heavy atom. The van der Waals surface area contributed by atoms with Gasteiger partial charge in [0.2, 0.25) is 0 Å². The zero-order valence-corrected chi connectivity index (χ0v) is 13.2. The van der Waals surface area contributed by atoms with E-state index in [1.807, 2.05) is 40.3 Å². The van der Waals surface area contributed by atoms with Crippen LogP contribution < -0.4 is 10.1 Å². The largest absolute Gasteiger partial charge is 0.490 e. The van der Waals surface area contributed by atoms with Crippen molar-refractivity contribution in [1.82, 2.24) is 9.88 Å². The molecule has 1 N–H and O–H groups in total. The molecule has 1 aromatic carbocycles. The minimum Gasteiger partial charge on any atom is -0.490 e. The monoisotopic (exact) mass is 332 g/mol. The molecule has 0 aliphatic carbocycles. The number of carbonyl (C=O) groups is 1. The first-order valence-corrected chi connectivity index (χ1v) is 8.25. The fourth-order valence-corrected chi connectivity index (χ4v) is 3.62. The molecule has 6 heteroatoms. The van der Waals surface area contributed by atoms with Crippen LogP contribution in [0.15, 0.2) is 35.7 Å². The van der Waals surface area contributed by atoms with Gasteiger partial charge in [0.1, 0.15) is 18.1 Å². The Labute approximate surface area is 136 Å². The molecule has 1 aliphatic heterocycles. The van der Waals surface area contributed by atoms with E-state index in [-0.39, 0.29) is 5.91 Å². The second-order valence-corrected chi connectivity index (χ2v) is 6.54. The predicted octanol–water partition coefficient (Wildman–Crippen LogP) is 3.68. The van der Waals surface area contributed by atoms with Crippen LogP contribution in [-0.4, -0.2) is 17.1 Å². The number of amides is 1. The van der Waals surface area contributed by atoms with Crippen LogP contribution in [0.3, 0.4) is 0 Å². The second kappa shape index (κ2) is 5.34. The summed E-state index contributed by atoms with van der Waals surface area (Å²) in [7, 11) is 0. The molecule has 0 bridgehead atoms. The second-order valence-electron chi connectivity index (χ2n) is 5.10. The highest BCUT2D eigenvalue weighted by molar-refractivity contribution is 7.09. The minimum atomic E-state index is -0.0893. The van der Waals surface area contributed by atoms with Gasteiger partial charge in [-0.15, -0.1) is 11.3 Å². The molecule has 0 radical (unpaired) electrons. The molecule has 22 heavy (non-hydrogen) atoms. The lowest BCUT2D eigenvalue weighted by molar-refractivity contribution is 0.0941. The van der Waals surface area contributed by atoms with Gasteiger partial charge in [0.15, 0.2) is 0 Å². The number of ether oxygens (including phenoxy) is 1. The summed E-state index contributed by atoms with van der Waals surface area (Å²) in [6, 6.07) is 9.49. The van der Waals surface area contributed by atoms with Crippen LogP contribution >= 0.6 is 22.9 Å². The molecule has 4 nitrogen and oxygen atoms in total. The molecule has 0 saturated carbocycles. The molecule has 1 amide bonds. The third-order valence-electron chi connectivity index (χ3n) is 3.78. The molecule has 0 atom stereocenters. The fourth-order valence-electron chi connectivity index (χ4n) is 2.77. The molecular weight excluding hydrogens is 320 g/mol. The predicted molar refractivity (Wildman–Crippen MR) is 87.9 cm³/mol. The van der Waals surface area contributed by atoms with Gasteiger partial charge in [0, 0.05) is 10.3 Å². The first-order valence-electron chi connectivity index (χ1n) is 6.99. The fraction of sp³-hybridized carbons (Fsp3) is 0.188. The molecule has 3 heterocycles. The third-order valence-corrected chi connectivity index (χ3v) is 4.98. The molecule has 3 aromatic rings. The van der Waals surface area contributed by atoms with Crippen molar-refractivity contribution in [3.63, 3.8) is 0 Å². The lowest BCUT2D eigenvalue weighted by atomic mass is 10.2. The van der Waals surface area contributed by atoms with Crippen molar-refractivity contribution < 1.29 is 9.53 Å². The van der Waals surface area contributed by atoms with Gasteiger partial charge in [-0.3, -0.25) is 4.79 Å². The van der Waals surface area contributed by atoms with Gasteiger partial charge in [-0.05, 0) is 29.6 Å². The first-order chi connectivity index (χ1) is 10.7.